The van der Waals surface area contributed by atoms with Crippen LogP contribution >= 0.6 is 23.4 Å². The molecule has 0 saturated heterocycles. The fraction of sp³-hybridized carbons (Fsp3) is 0.0968. The van der Waals surface area contributed by atoms with Crippen molar-refractivity contribution in [2.75, 3.05) is 5.75 Å². The molecule has 6 aromatic rings. The molecule has 0 unspecified atom stereocenters. The van der Waals surface area contributed by atoms with E-state index in [-0.39, 0.29) is 11.7 Å². The molecule has 6 rings (SSSR count). The van der Waals surface area contributed by atoms with Crippen LogP contribution in [-0.4, -0.2) is 37.2 Å². The van der Waals surface area contributed by atoms with Crippen molar-refractivity contribution < 1.29 is 4.79 Å². The van der Waals surface area contributed by atoms with Crippen LogP contribution in [0, 0.1) is 0 Å². The van der Waals surface area contributed by atoms with Gasteiger partial charge in [0.1, 0.15) is 0 Å². The van der Waals surface area contributed by atoms with Gasteiger partial charge in [0.25, 0.3) is 5.91 Å². The smallest absolute Gasteiger partial charge is 0.250 e. The van der Waals surface area contributed by atoms with E-state index >= 15 is 0 Å². The summed E-state index contributed by atoms with van der Waals surface area (Å²) in [5.74, 6) is 0.571. The quantitative estimate of drug-likeness (QED) is 0.123. The molecule has 2 aromatic heterocycles. The summed E-state index contributed by atoms with van der Waals surface area (Å²) in [5, 5.41) is 16.6. The summed E-state index contributed by atoms with van der Waals surface area (Å²) in [4.78, 5) is 12.7. The summed E-state index contributed by atoms with van der Waals surface area (Å²) in [7, 11) is 0. The first-order chi connectivity index (χ1) is 19.6. The van der Waals surface area contributed by atoms with Gasteiger partial charge in [0.15, 0.2) is 11.0 Å². The number of rotatable bonds is 8. The number of halogens is 1. The second kappa shape index (κ2) is 11.4. The maximum atomic E-state index is 12.7. The van der Waals surface area contributed by atoms with E-state index in [4.69, 9.17) is 11.6 Å². The monoisotopic (exact) mass is 564 g/mol. The molecule has 0 aliphatic carbocycles. The molecule has 0 spiro atoms. The summed E-state index contributed by atoms with van der Waals surface area (Å²) >= 11 is 7.41. The number of hydrogen-bond donors (Lipinski definition) is 1. The Bertz CT molecular complexity index is 1840. The normalized spacial score (nSPS) is 11.6. The number of aromatic nitrogens is 4. The number of para-hydroxylation sites is 1. The summed E-state index contributed by atoms with van der Waals surface area (Å²) in [6.45, 7) is 3.04. The van der Waals surface area contributed by atoms with Gasteiger partial charge in [0.05, 0.1) is 12.0 Å². The number of fused-ring (bicyclic) bond motifs is 3. The van der Waals surface area contributed by atoms with Gasteiger partial charge in [0, 0.05) is 44.6 Å². The molecule has 0 bridgehead atoms. The fourth-order valence-electron chi connectivity index (χ4n) is 4.79. The Morgan fingerprint density at radius 2 is 1.68 bits per heavy atom. The third-order valence-electron chi connectivity index (χ3n) is 6.60. The van der Waals surface area contributed by atoms with Gasteiger partial charge < -0.3 is 4.57 Å². The van der Waals surface area contributed by atoms with E-state index in [2.05, 4.69) is 68.6 Å². The van der Waals surface area contributed by atoms with Gasteiger partial charge in [-0.1, -0.05) is 78.0 Å². The molecule has 0 saturated carbocycles. The molecule has 0 fully saturated rings. The number of amides is 1. The zero-order chi connectivity index (χ0) is 27.5. The minimum atomic E-state index is -0.239. The van der Waals surface area contributed by atoms with Crippen LogP contribution in [0.2, 0.25) is 5.02 Å². The second-order valence-electron chi connectivity index (χ2n) is 9.10. The van der Waals surface area contributed by atoms with Gasteiger partial charge in [-0.2, -0.15) is 5.10 Å². The van der Waals surface area contributed by atoms with Gasteiger partial charge in [-0.25, -0.2) is 5.43 Å². The molecule has 9 heteroatoms. The van der Waals surface area contributed by atoms with Crippen LogP contribution in [0.25, 0.3) is 38.9 Å². The molecule has 0 aliphatic rings. The lowest BCUT2D eigenvalue weighted by Crippen LogP contribution is -2.20. The minimum absolute atomic E-state index is 0.126. The van der Waals surface area contributed by atoms with Crippen LogP contribution in [0.15, 0.2) is 107 Å². The van der Waals surface area contributed by atoms with E-state index in [1.54, 1.807) is 6.21 Å². The highest BCUT2D eigenvalue weighted by atomic mass is 35.5. The summed E-state index contributed by atoms with van der Waals surface area (Å²) < 4.78 is 4.23. The number of hydrogen-bond acceptors (Lipinski definition) is 5. The minimum Gasteiger partial charge on any atom is -0.341 e. The molecular formula is C31H25ClN6OS. The maximum Gasteiger partial charge on any atom is 0.250 e. The average Bonchev–Trinajstić information content (AvgIpc) is 3.56. The lowest BCUT2D eigenvalue weighted by molar-refractivity contribution is -0.118. The van der Waals surface area contributed by atoms with Crippen LogP contribution < -0.4 is 5.43 Å². The highest BCUT2D eigenvalue weighted by Crippen LogP contribution is 2.30. The molecule has 4 aromatic carbocycles. The second-order valence-corrected chi connectivity index (χ2v) is 10.5. The number of thioether (sulfide) groups is 1. The highest BCUT2D eigenvalue weighted by Gasteiger charge is 2.17. The molecule has 1 N–H and O–H groups in total. The average molecular weight is 565 g/mol. The molecule has 7 nitrogen and oxygen atoms in total. The van der Waals surface area contributed by atoms with Gasteiger partial charge in [0.2, 0.25) is 0 Å². The largest absolute Gasteiger partial charge is 0.341 e. The Balaban J connectivity index is 1.17. The number of carbonyl (C=O) groups is 1. The van der Waals surface area contributed by atoms with Crippen LogP contribution in [0.1, 0.15) is 12.5 Å². The number of nitrogens with zero attached hydrogens (tertiary/aromatic N) is 5. The zero-order valence-corrected chi connectivity index (χ0v) is 23.2. The van der Waals surface area contributed by atoms with Crippen LogP contribution in [-0.2, 0) is 11.3 Å². The molecule has 0 aliphatic heterocycles. The first kappa shape index (κ1) is 25.9. The number of hydrazone groups is 1. The molecule has 2 heterocycles. The maximum absolute atomic E-state index is 12.7. The molecule has 0 radical (unpaired) electrons. The van der Waals surface area contributed by atoms with E-state index in [9.17, 15) is 4.79 Å². The van der Waals surface area contributed by atoms with Gasteiger partial charge in [-0.15, -0.1) is 10.2 Å². The van der Waals surface area contributed by atoms with Crippen LogP contribution in [0.3, 0.4) is 0 Å². The van der Waals surface area contributed by atoms with E-state index in [1.807, 2.05) is 65.2 Å². The van der Waals surface area contributed by atoms with Crippen LogP contribution in [0.5, 0.6) is 0 Å². The van der Waals surface area contributed by atoms with Gasteiger partial charge in [-0.05, 0) is 55.0 Å². The number of nitrogens with one attached hydrogen (secondary N) is 1. The summed E-state index contributed by atoms with van der Waals surface area (Å²) in [6.07, 6.45) is 1.67. The standard InChI is InChI=1S/C31H25ClN6OS/c1-2-37-27-11-7-6-10-25(27)26-18-21(12-17-28(26)37)19-33-34-29(39)20-40-31-36-35-30(22-8-4-3-5-9-22)38(31)24-15-13-23(32)14-16-24/h3-19H,2,20H2,1H3,(H,34,39)/b33-19-. The van der Waals surface area contributed by atoms with Crippen molar-refractivity contribution in [3.63, 3.8) is 0 Å². The lowest BCUT2D eigenvalue weighted by Gasteiger charge is -2.10. The van der Waals surface area contributed by atoms with Crippen molar-refractivity contribution in [2.45, 2.75) is 18.6 Å². The van der Waals surface area contributed by atoms with Crippen molar-refractivity contribution in [3.05, 3.63) is 108 Å². The predicted octanol–water partition coefficient (Wildman–Crippen LogP) is 6.96. The Morgan fingerprint density at radius 3 is 2.48 bits per heavy atom. The summed E-state index contributed by atoms with van der Waals surface area (Å²) in [5.41, 5.74) is 7.72. The van der Waals surface area contributed by atoms with E-state index < -0.39 is 0 Å². The predicted molar refractivity (Wildman–Crippen MR) is 163 cm³/mol. The van der Waals surface area contributed by atoms with E-state index in [0.717, 1.165) is 23.4 Å². The first-order valence-corrected chi connectivity index (χ1v) is 14.2. The van der Waals surface area contributed by atoms with Gasteiger partial charge in [-0.3, -0.25) is 9.36 Å². The van der Waals surface area contributed by atoms with E-state index in [1.165, 1.54) is 33.6 Å². The Labute approximate surface area is 240 Å². The van der Waals surface area contributed by atoms with Crippen molar-refractivity contribution >= 4 is 57.3 Å². The highest BCUT2D eigenvalue weighted by molar-refractivity contribution is 7.99. The molecule has 40 heavy (non-hydrogen) atoms. The Hall–Kier alpha value is -4.40. The Morgan fingerprint density at radius 1 is 0.925 bits per heavy atom. The lowest BCUT2D eigenvalue weighted by atomic mass is 10.1. The molecule has 1 amide bonds. The first-order valence-electron chi connectivity index (χ1n) is 12.8. The number of carbonyl (C=O) groups excluding carboxylic acids is 1. The Kier molecular flexibility index (Phi) is 7.35. The van der Waals surface area contributed by atoms with Gasteiger partial charge >= 0.3 is 0 Å². The fourth-order valence-corrected chi connectivity index (χ4v) is 5.66. The van der Waals surface area contributed by atoms with Crippen LogP contribution in [0.4, 0.5) is 0 Å². The number of aryl methyl sites for hydroxylation is 1. The zero-order valence-electron chi connectivity index (χ0n) is 21.7. The number of benzene rings is 4. The molecule has 198 valence electrons. The van der Waals surface area contributed by atoms with Crippen molar-refractivity contribution in [2.24, 2.45) is 5.10 Å². The summed E-state index contributed by atoms with van der Waals surface area (Å²) in [6, 6.07) is 31.9. The topological polar surface area (TPSA) is 77.1 Å². The SMILES string of the molecule is CCn1c2ccccc2c2cc(/C=N\NC(=O)CSc3nnc(-c4ccccc4)n3-c3ccc(Cl)cc3)ccc21. The molecular weight excluding hydrogens is 540 g/mol. The van der Waals surface area contributed by atoms with Crippen molar-refractivity contribution in [3.8, 4) is 17.1 Å². The van der Waals surface area contributed by atoms with Crippen molar-refractivity contribution in [1.29, 1.82) is 0 Å². The third-order valence-corrected chi connectivity index (χ3v) is 7.78. The molecule has 0 atom stereocenters. The third kappa shape index (κ3) is 5.11. The van der Waals surface area contributed by atoms with E-state index in [0.29, 0.717) is 16.0 Å². The van der Waals surface area contributed by atoms with Crippen molar-refractivity contribution in [1.82, 2.24) is 24.8 Å².